The van der Waals surface area contributed by atoms with E-state index >= 15 is 0 Å². The Kier molecular flexibility index (Phi) is 4.30. The van der Waals surface area contributed by atoms with E-state index in [1.807, 2.05) is 13.8 Å². The van der Waals surface area contributed by atoms with Gasteiger partial charge in [0.2, 0.25) is 0 Å². The molecule has 0 aliphatic carbocycles. The predicted octanol–water partition coefficient (Wildman–Crippen LogP) is 2.55. The Morgan fingerprint density at radius 3 is 2.30 bits per heavy atom. The molecule has 0 radical (unpaired) electrons. The van der Waals surface area contributed by atoms with Crippen LogP contribution in [0, 0.1) is 0 Å². The second-order valence-corrected chi connectivity index (χ2v) is 3.51. The molecule has 1 N–H and O–H groups in total. The van der Waals surface area contributed by atoms with Crippen molar-refractivity contribution in [1.82, 2.24) is 0 Å². The smallest absolute Gasteiger partial charge is 0.0782 e. The lowest BCUT2D eigenvalue weighted by Gasteiger charge is -2.27. The van der Waals surface area contributed by atoms with Gasteiger partial charge in [-0.2, -0.15) is 0 Å². The van der Waals surface area contributed by atoms with Crippen LogP contribution in [0.2, 0.25) is 0 Å². The maximum absolute atomic E-state index is 9.65. The fraction of sp³-hybridized carbons (Fsp3) is 1.00. The Bertz CT molecular complexity index is 91.3. The van der Waals surface area contributed by atoms with Gasteiger partial charge in [-0.3, -0.25) is 0 Å². The molecule has 2 heteroatoms. The molecule has 0 aromatic heterocycles. The fourth-order valence-corrected chi connectivity index (χ4v) is 1.21. The fourth-order valence-electron chi connectivity index (χ4n) is 1.10. The van der Waals surface area contributed by atoms with Crippen LogP contribution in [0.5, 0.6) is 0 Å². The third-order valence-corrected chi connectivity index (χ3v) is 2.57. The summed E-state index contributed by atoms with van der Waals surface area (Å²) < 4.78 is 0. The zero-order valence-corrected chi connectivity index (χ0v) is 7.78. The summed E-state index contributed by atoms with van der Waals surface area (Å²) in [6.07, 6.45) is 2.60. The van der Waals surface area contributed by atoms with Gasteiger partial charge in [-0.15, -0.1) is 11.6 Å². The molecule has 0 rings (SSSR count). The number of hydrogen-bond donors (Lipinski definition) is 1. The minimum absolute atomic E-state index is 0.104. The van der Waals surface area contributed by atoms with Crippen LogP contribution in [-0.4, -0.2) is 16.1 Å². The van der Waals surface area contributed by atoms with Crippen molar-refractivity contribution in [3.8, 4) is 0 Å². The van der Waals surface area contributed by atoms with E-state index in [-0.39, 0.29) is 5.38 Å². The van der Waals surface area contributed by atoms with Crippen LogP contribution in [0.25, 0.3) is 0 Å². The van der Waals surface area contributed by atoms with E-state index in [2.05, 4.69) is 0 Å². The van der Waals surface area contributed by atoms with Crippen LogP contribution >= 0.6 is 11.6 Å². The van der Waals surface area contributed by atoms with Gasteiger partial charge < -0.3 is 5.11 Å². The van der Waals surface area contributed by atoms with Gasteiger partial charge in [-0.1, -0.05) is 20.3 Å². The number of halogens is 1. The van der Waals surface area contributed by atoms with Crippen LogP contribution in [0.15, 0.2) is 0 Å². The van der Waals surface area contributed by atoms with Crippen molar-refractivity contribution in [2.45, 2.75) is 51.0 Å². The lowest BCUT2D eigenvalue weighted by atomic mass is 9.95. The second-order valence-electron chi connectivity index (χ2n) is 2.98. The standard InChI is InChI=1S/C8H17ClO/c1-4-6-8(3,10)7(9)5-2/h7,10H,4-6H2,1-3H3/t7-,8-/m0/s1. The first kappa shape index (κ1) is 10.2. The Balaban J connectivity index is 3.82. The van der Waals surface area contributed by atoms with Crippen LogP contribution in [0.4, 0.5) is 0 Å². The van der Waals surface area contributed by atoms with E-state index in [9.17, 15) is 5.11 Å². The summed E-state index contributed by atoms with van der Waals surface area (Å²) in [7, 11) is 0. The number of aliphatic hydroxyl groups is 1. The summed E-state index contributed by atoms with van der Waals surface area (Å²) in [5.74, 6) is 0. The van der Waals surface area contributed by atoms with Gasteiger partial charge in [0.25, 0.3) is 0 Å². The largest absolute Gasteiger partial charge is 0.389 e. The molecule has 0 unspecified atom stereocenters. The first-order chi connectivity index (χ1) is 4.54. The molecule has 0 saturated carbocycles. The summed E-state index contributed by atoms with van der Waals surface area (Å²) in [6.45, 7) is 5.84. The predicted molar refractivity (Wildman–Crippen MR) is 45.5 cm³/mol. The minimum atomic E-state index is -0.676. The summed E-state index contributed by atoms with van der Waals surface area (Å²) in [5.41, 5.74) is -0.676. The highest BCUT2D eigenvalue weighted by Crippen LogP contribution is 2.23. The maximum Gasteiger partial charge on any atom is 0.0782 e. The lowest BCUT2D eigenvalue weighted by molar-refractivity contribution is 0.0446. The normalized spacial score (nSPS) is 20.1. The van der Waals surface area contributed by atoms with Gasteiger partial charge in [-0.25, -0.2) is 0 Å². The summed E-state index contributed by atoms with van der Waals surface area (Å²) in [4.78, 5) is 0. The summed E-state index contributed by atoms with van der Waals surface area (Å²) in [5, 5.41) is 9.55. The van der Waals surface area contributed by atoms with Crippen LogP contribution in [0.3, 0.4) is 0 Å². The molecule has 0 aromatic carbocycles. The molecule has 62 valence electrons. The highest BCUT2D eigenvalue weighted by molar-refractivity contribution is 6.21. The van der Waals surface area contributed by atoms with E-state index in [1.54, 1.807) is 6.92 Å². The van der Waals surface area contributed by atoms with Crippen LogP contribution in [0.1, 0.15) is 40.0 Å². The van der Waals surface area contributed by atoms with Gasteiger partial charge in [-0.05, 0) is 19.8 Å². The molecule has 0 aliphatic rings. The first-order valence-corrected chi connectivity index (χ1v) is 4.34. The van der Waals surface area contributed by atoms with E-state index in [0.29, 0.717) is 0 Å². The molecule has 10 heavy (non-hydrogen) atoms. The lowest BCUT2D eigenvalue weighted by Crippen LogP contribution is -2.34. The quantitative estimate of drug-likeness (QED) is 0.634. The Hall–Kier alpha value is 0.250. The topological polar surface area (TPSA) is 20.2 Å². The Morgan fingerprint density at radius 2 is 2.00 bits per heavy atom. The van der Waals surface area contributed by atoms with Crippen molar-refractivity contribution in [2.24, 2.45) is 0 Å². The SMILES string of the molecule is CCC[C@](C)(O)[C@@H](Cl)CC. The monoisotopic (exact) mass is 164 g/mol. The molecular formula is C8H17ClO. The molecule has 0 bridgehead atoms. The van der Waals surface area contributed by atoms with Crippen molar-refractivity contribution in [2.75, 3.05) is 0 Å². The second kappa shape index (κ2) is 4.20. The number of rotatable bonds is 4. The molecule has 0 aromatic rings. The molecule has 0 amide bonds. The molecule has 0 heterocycles. The average molecular weight is 165 g/mol. The minimum Gasteiger partial charge on any atom is -0.389 e. The molecule has 2 atom stereocenters. The first-order valence-electron chi connectivity index (χ1n) is 3.91. The zero-order valence-electron chi connectivity index (χ0n) is 7.02. The van der Waals surface area contributed by atoms with Crippen molar-refractivity contribution in [3.63, 3.8) is 0 Å². The Morgan fingerprint density at radius 1 is 1.50 bits per heavy atom. The van der Waals surface area contributed by atoms with Crippen molar-refractivity contribution >= 4 is 11.6 Å². The Labute approximate surface area is 68.4 Å². The molecule has 0 aliphatic heterocycles. The van der Waals surface area contributed by atoms with Crippen LogP contribution < -0.4 is 0 Å². The van der Waals surface area contributed by atoms with E-state index in [4.69, 9.17) is 11.6 Å². The van der Waals surface area contributed by atoms with E-state index in [0.717, 1.165) is 19.3 Å². The van der Waals surface area contributed by atoms with E-state index in [1.165, 1.54) is 0 Å². The number of alkyl halides is 1. The third kappa shape index (κ3) is 2.89. The average Bonchev–Trinajstić information content (AvgIpc) is 1.86. The maximum atomic E-state index is 9.65. The van der Waals surface area contributed by atoms with Crippen LogP contribution in [-0.2, 0) is 0 Å². The van der Waals surface area contributed by atoms with Gasteiger partial charge in [0.1, 0.15) is 0 Å². The van der Waals surface area contributed by atoms with Crippen molar-refractivity contribution in [1.29, 1.82) is 0 Å². The van der Waals surface area contributed by atoms with Gasteiger partial charge in [0, 0.05) is 0 Å². The molecule has 0 spiro atoms. The van der Waals surface area contributed by atoms with Gasteiger partial charge in [0.05, 0.1) is 11.0 Å². The molecule has 0 fully saturated rings. The van der Waals surface area contributed by atoms with Crippen molar-refractivity contribution < 1.29 is 5.11 Å². The summed E-state index contributed by atoms with van der Waals surface area (Å²) >= 11 is 5.89. The molecule has 0 saturated heterocycles. The highest BCUT2D eigenvalue weighted by Gasteiger charge is 2.27. The molecule has 1 nitrogen and oxygen atoms in total. The molecular weight excluding hydrogens is 148 g/mol. The van der Waals surface area contributed by atoms with Gasteiger partial charge >= 0.3 is 0 Å². The third-order valence-electron chi connectivity index (χ3n) is 1.79. The van der Waals surface area contributed by atoms with Crippen molar-refractivity contribution in [3.05, 3.63) is 0 Å². The van der Waals surface area contributed by atoms with E-state index < -0.39 is 5.60 Å². The zero-order chi connectivity index (χ0) is 8.20. The number of hydrogen-bond acceptors (Lipinski definition) is 1. The summed E-state index contributed by atoms with van der Waals surface area (Å²) in [6, 6.07) is 0. The highest BCUT2D eigenvalue weighted by atomic mass is 35.5. The van der Waals surface area contributed by atoms with Gasteiger partial charge in [0.15, 0.2) is 0 Å².